The highest BCUT2D eigenvalue weighted by Gasteiger charge is 2.31. The van der Waals surface area contributed by atoms with Crippen LogP contribution in [0.1, 0.15) is 36.8 Å². The Balaban J connectivity index is 1.58. The molecule has 0 aliphatic carbocycles. The van der Waals surface area contributed by atoms with Gasteiger partial charge in [0.25, 0.3) is 5.91 Å². The molecule has 3 rings (SSSR count). The Bertz CT molecular complexity index is 791. The third-order valence-corrected chi connectivity index (χ3v) is 5.08. The number of hydrogen-bond acceptors (Lipinski definition) is 5. The summed E-state index contributed by atoms with van der Waals surface area (Å²) in [4.78, 5) is 33.0. The third-order valence-electron chi connectivity index (χ3n) is 4.45. The van der Waals surface area contributed by atoms with Crippen molar-refractivity contribution < 1.29 is 14.3 Å². The number of amides is 2. The van der Waals surface area contributed by atoms with E-state index in [-0.39, 0.29) is 11.8 Å². The second-order valence-corrected chi connectivity index (χ2v) is 8.35. The number of nitrogens with zero attached hydrogens (tertiary/aromatic N) is 3. The van der Waals surface area contributed by atoms with E-state index in [1.165, 1.54) is 11.3 Å². The molecule has 0 N–H and O–H groups in total. The molecule has 2 amide bonds. The lowest BCUT2D eigenvalue weighted by molar-refractivity contribution is -0.140. The topological polar surface area (TPSA) is 62.7 Å². The van der Waals surface area contributed by atoms with Crippen molar-refractivity contribution >= 4 is 23.2 Å². The number of benzene rings is 1. The average molecular weight is 388 g/mol. The van der Waals surface area contributed by atoms with E-state index in [4.69, 9.17) is 4.74 Å². The fourth-order valence-electron chi connectivity index (χ4n) is 2.95. The van der Waals surface area contributed by atoms with Crippen molar-refractivity contribution in [3.05, 3.63) is 46.4 Å². The first-order valence-electron chi connectivity index (χ1n) is 9.03. The van der Waals surface area contributed by atoms with E-state index >= 15 is 0 Å². The van der Waals surface area contributed by atoms with Crippen LogP contribution in [0.5, 0.6) is 5.75 Å². The molecule has 0 atom stereocenters. The lowest BCUT2D eigenvalue weighted by atomic mass is 9.94. The Labute approximate surface area is 163 Å². The van der Waals surface area contributed by atoms with Crippen molar-refractivity contribution in [2.75, 3.05) is 26.2 Å². The van der Waals surface area contributed by atoms with Crippen LogP contribution in [-0.2, 0) is 11.4 Å². The summed E-state index contributed by atoms with van der Waals surface area (Å²) < 4.78 is 5.74. The molecule has 144 valence electrons. The summed E-state index contributed by atoms with van der Waals surface area (Å²) in [6.07, 6.45) is 0. The zero-order valence-corrected chi connectivity index (χ0v) is 16.8. The van der Waals surface area contributed by atoms with Crippen LogP contribution in [-0.4, -0.2) is 52.8 Å². The third kappa shape index (κ3) is 4.86. The molecule has 1 aromatic carbocycles. The largest absolute Gasteiger partial charge is 0.487 e. The van der Waals surface area contributed by atoms with Gasteiger partial charge in [-0.05, 0) is 18.2 Å². The zero-order chi connectivity index (χ0) is 19.4. The van der Waals surface area contributed by atoms with Gasteiger partial charge in [-0.25, -0.2) is 4.98 Å². The molecule has 0 radical (unpaired) electrons. The summed E-state index contributed by atoms with van der Waals surface area (Å²) in [6.45, 7) is 8.38. The Morgan fingerprint density at radius 1 is 1.15 bits per heavy atom. The smallest absolute Gasteiger partial charge is 0.254 e. The minimum Gasteiger partial charge on any atom is -0.487 e. The molecule has 0 bridgehead atoms. The molecule has 2 aromatic rings. The van der Waals surface area contributed by atoms with E-state index in [1.807, 2.05) is 43.2 Å². The van der Waals surface area contributed by atoms with E-state index < -0.39 is 5.41 Å². The van der Waals surface area contributed by atoms with Crippen LogP contribution >= 0.6 is 11.3 Å². The van der Waals surface area contributed by atoms with Gasteiger partial charge in [0, 0.05) is 42.5 Å². The average Bonchev–Trinajstić information content (AvgIpc) is 3.18. The summed E-state index contributed by atoms with van der Waals surface area (Å²) in [7, 11) is 0. The van der Waals surface area contributed by atoms with Crippen molar-refractivity contribution in [1.82, 2.24) is 14.8 Å². The number of thiazole rings is 1. The van der Waals surface area contributed by atoms with Gasteiger partial charge in [0.1, 0.15) is 12.4 Å². The van der Waals surface area contributed by atoms with Crippen LogP contribution in [0.15, 0.2) is 35.2 Å². The molecule has 1 aromatic heterocycles. The molecule has 27 heavy (non-hydrogen) atoms. The van der Waals surface area contributed by atoms with Crippen molar-refractivity contribution in [2.45, 2.75) is 27.4 Å². The maximum Gasteiger partial charge on any atom is 0.254 e. The molecule has 1 saturated heterocycles. The number of carbonyl (C=O) groups excluding carboxylic acids is 2. The van der Waals surface area contributed by atoms with Crippen molar-refractivity contribution in [3.8, 4) is 5.75 Å². The normalized spacial score (nSPS) is 14.9. The number of carbonyl (C=O) groups is 2. The number of hydrogen-bond donors (Lipinski definition) is 0. The van der Waals surface area contributed by atoms with Gasteiger partial charge in [0.05, 0.1) is 11.2 Å². The Hall–Kier alpha value is -2.41. The van der Waals surface area contributed by atoms with Gasteiger partial charge in [-0.2, -0.15) is 0 Å². The van der Waals surface area contributed by atoms with Crippen LogP contribution < -0.4 is 4.74 Å². The van der Waals surface area contributed by atoms with Gasteiger partial charge in [-0.1, -0.05) is 26.8 Å². The second-order valence-electron chi connectivity index (χ2n) is 7.63. The van der Waals surface area contributed by atoms with Crippen LogP contribution in [0.2, 0.25) is 0 Å². The molecule has 2 heterocycles. The van der Waals surface area contributed by atoms with Gasteiger partial charge in [-0.3, -0.25) is 9.59 Å². The van der Waals surface area contributed by atoms with E-state index in [2.05, 4.69) is 4.98 Å². The Morgan fingerprint density at radius 2 is 1.85 bits per heavy atom. The number of piperazine rings is 1. The molecule has 0 saturated carbocycles. The predicted octanol–water partition coefficient (Wildman–Crippen LogP) is 3.05. The highest BCUT2D eigenvalue weighted by atomic mass is 32.1. The highest BCUT2D eigenvalue weighted by Crippen LogP contribution is 2.20. The van der Waals surface area contributed by atoms with Crippen LogP contribution in [0.25, 0.3) is 0 Å². The number of ether oxygens (including phenoxy) is 1. The molecule has 7 heteroatoms. The van der Waals surface area contributed by atoms with Crippen LogP contribution in [0.3, 0.4) is 0 Å². The van der Waals surface area contributed by atoms with Gasteiger partial charge in [-0.15, -0.1) is 11.3 Å². The molecule has 1 aliphatic rings. The zero-order valence-electron chi connectivity index (χ0n) is 16.0. The monoisotopic (exact) mass is 387 g/mol. The highest BCUT2D eigenvalue weighted by molar-refractivity contribution is 7.07. The lowest BCUT2D eigenvalue weighted by Gasteiger charge is -2.37. The molecule has 0 unspecified atom stereocenters. The molecule has 6 nitrogen and oxygen atoms in total. The lowest BCUT2D eigenvalue weighted by Crippen LogP contribution is -2.53. The molecule has 0 spiro atoms. The summed E-state index contributed by atoms with van der Waals surface area (Å²) >= 11 is 1.53. The van der Waals surface area contributed by atoms with E-state index in [1.54, 1.807) is 22.5 Å². The van der Waals surface area contributed by atoms with Gasteiger partial charge in [0.2, 0.25) is 5.91 Å². The summed E-state index contributed by atoms with van der Waals surface area (Å²) in [6, 6.07) is 7.22. The summed E-state index contributed by atoms with van der Waals surface area (Å²) in [5, 5.41) is 1.94. The fourth-order valence-corrected chi connectivity index (χ4v) is 3.50. The minimum atomic E-state index is -0.394. The SMILES string of the molecule is CC(C)(C)C(=O)N1CCN(C(=O)c2cccc(OCc3cscn3)c2)CC1. The van der Waals surface area contributed by atoms with Crippen molar-refractivity contribution in [1.29, 1.82) is 0 Å². The Morgan fingerprint density at radius 3 is 2.48 bits per heavy atom. The minimum absolute atomic E-state index is 0.0306. The first kappa shape index (κ1) is 19.4. The van der Waals surface area contributed by atoms with Gasteiger partial charge >= 0.3 is 0 Å². The van der Waals surface area contributed by atoms with E-state index in [0.717, 1.165) is 5.69 Å². The summed E-state index contributed by atoms with van der Waals surface area (Å²) in [5.74, 6) is 0.749. The van der Waals surface area contributed by atoms with Crippen LogP contribution in [0.4, 0.5) is 0 Å². The number of rotatable bonds is 4. The standard InChI is InChI=1S/C20H25N3O3S/c1-20(2,3)19(25)23-9-7-22(8-10-23)18(24)15-5-4-6-17(11-15)26-12-16-13-27-14-21-16/h4-6,11,13-14H,7-10,12H2,1-3H3. The predicted molar refractivity (Wildman–Crippen MR) is 105 cm³/mol. The molecular formula is C20H25N3O3S. The Kier molecular flexibility index (Phi) is 5.79. The maximum atomic E-state index is 12.8. The first-order chi connectivity index (χ1) is 12.8. The van der Waals surface area contributed by atoms with Crippen molar-refractivity contribution in [2.24, 2.45) is 5.41 Å². The first-order valence-corrected chi connectivity index (χ1v) is 9.97. The van der Waals surface area contributed by atoms with Crippen molar-refractivity contribution in [3.63, 3.8) is 0 Å². The maximum absolute atomic E-state index is 12.8. The summed E-state index contributed by atoms with van der Waals surface area (Å²) in [5.41, 5.74) is 2.84. The fraction of sp³-hybridized carbons (Fsp3) is 0.450. The quantitative estimate of drug-likeness (QED) is 0.809. The molecule has 1 fully saturated rings. The number of aromatic nitrogens is 1. The second kappa shape index (κ2) is 8.08. The van der Waals surface area contributed by atoms with E-state index in [9.17, 15) is 9.59 Å². The van der Waals surface area contributed by atoms with E-state index in [0.29, 0.717) is 44.1 Å². The molecular weight excluding hydrogens is 362 g/mol. The van der Waals surface area contributed by atoms with Gasteiger partial charge < -0.3 is 14.5 Å². The van der Waals surface area contributed by atoms with Crippen LogP contribution in [0, 0.1) is 5.41 Å². The van der Waals surface area contributed by atoms with Gasteiger partial charge in [0.15, 0.2) is 0 Å². The molecule has 1 aliphatic heterocycles.